The van der Waals surface area contributed by atoms with Crippen LogP contribution in [-0.4, -0.2) is 34.8 Å². The highest BCUT2D eigenvalue weighted by molar-refractivity contribution is 5.37. The van der Waals surface area contributed by atoms with E-state index in [-0.39, 0.29) is 12.0 Å². The molecule has 1 saturated carbocycles. The second-order valence-corrected chi connectivity index (χ2v) is 5.25. The van der Waals surface area contributed by atoms with Crippen molar-refractivity contribution in [3.05, 3.63) is 12.4 Å². The Morgan fingerprint density at radius 3 is 2.79 bits per heavy atom. The summed E-state index contributed by atoms with van der Waals surface area (Å²) in [5, 5.41) is 13.0. The van der Waals surface area contributed by atoms with Crippen molar-refractivity contribution >= 4 is 5.82 Å². The van der Waals surface area contributed by atoms with Crippen LogP contribution in [0.3, 0.4) is 0 Å². The van der Waals surface area contributed by atoms with Crippen LogP contribution < -0.4 is 10.1 Å². The summed E-state index contributed by atoms with van der Waals surface area (Å²) in [6.45, 7) is 3.52. The lowest BCUT2D eigenvalue weighted by Gasteiger charge is -2.35. The van der Waals surface area contributed by atoms with Crippen molar-refractivity contribution in [3.63, 3.8) is 0 Å². The molecular formula is C14H23N3O2. The fourth-order valence-electron chi connectivity index (χ4n) is 2.63. The Kier molecular flexibility index (Phi) is 4.96. The molecule has 0 aliphatic heterocycles. The van der Waals surface area contributed by atoms with E-state index < -0.39 is 0 Å². The quantitative estimate of drug-likeness (QED) is 0.825. The second-order valence-electron chi connectivity index (χ2n) is 5.25. The predicted octanol–water partition coefficient (Wildman–Crippen LogP) is 2.23. The number of anilines is 1. The Hall–Kier alpha value is -1.36. The maximum absolute atomic E-state index is 9.66. The summed E-state index contributed by atoms with van der Waals surface area (Å²) >= 11 is 0. The lowest BCUT2D eigenvalue weighted by Crippen LogP contribution is -2.35. The summed E-state index contributed by atoms with van der Waals surface area (Å²) in [5.41, 5.74) is 0.00891. The number of nitrogens with one attached hydrogen (secondary N) is 1. The third kappa shape index (κ3) is 3.80. The predicted molar refractivity (Wildman–Crippen MR) is 74.3 cm³/mol. The van der Waals surface area contributed by atoms with Gasteiger partial charge in [-0.25, -0.2) is 9.97 Å². The number of hydrogen-bond acceptors (Lipinski definition) is 5. The van der Waals surface area contributed by atoms with E-state index in [1.54, 1.807) is 6.07 Å². The van der Waals surface area contributed by atoms with Crippen LogP contribution in [0.15, 0.2) is 12.4 Å². The number of aliphatic hydroxyl groups excluding tert-OH is 1. The Labute approximate surface area is 114 Å². The lowest BCUT2D eigenvalue weighted by molar-refractivity contribution is 0.0943. The van der Waals surface area contributed by atoms with E-state index in [0.717, 1.165) is 25.2 Å². The molecule has 1 aromatic heterocycles. The van der Waals surface area contributed by atoms with Crippen LogP contribution in [0.5, 0.6) is 5.88 Å². The molecule has 0 unspecified atom stereocenters. The van der Waals surface area contributed by atoms with Crippen molar-refractivity contribution in [3.8, 4) is 5.88 Å². The van der Waals surface area contributed by atoms with Gasteiger partial charge < -0.3 is 15.2 Å². The summed E-state index contributed by atoms with van der Waals surface area (Å²) in [7, 11) is 0. The second kappa shape index (κ2) is 6.70. The highest BCUT2D eigenvalue weighted by Crippen LogP contribution is 2.35. The molecule has 5 heteroatoms. The molecule has 2 rings (SSSR count). The van der Waals surface area contributed by atoms with Crippen molar-refractivity contribution in [1.29, 1.82) is 0 Å². The van der Waals surface area contributed by atoms with Gasteiger partial charge >= 0.3 is 0 Å². The van der Waals surface area contributed by atoms with E-state index in [9.17, 15) is 5.11 Å². The average molecular weight is 265 g/mol. The number of rotatable bonds is 6. The molecule has 1 aliphatic carbocycles. The van der Waals surface area contributed by atoms with Gasteiger partial charge in [0.05, 0.1) is 13.2 Å². The largest absolute Gasteiger partial charge is 0.478 e. The molecule has 19 heavy (non-hydrogen) atoms. The minimum Gasteiger partial charge on any atom is -0.478 e. The van der Waals surface area contributed by atoms with Crippen LogP contribution in [0, 0.1) is 5.41 Å². The van der Waals surface area contributed by atoms with Gasteiger partial charge in [0, 0.05) is 18.0 Å². The summed E-state index contributed by atoms with van der Waals surface area (Å²) in [4.78, 5) is 8.23. The molecule has 0 saturated heterocycles. The van der Waals surface area contributed by atoms with Crippen molar-refractivity contribution < 1.29 is 9.84 Å². The monoisotopic (exact) mass is 265 g/mol. The molecule has 106 valence electrons. The van der Waals surface area contributed by atoms with Gasteiger partial charge in [-0.15, -0.1) is 0 Å². The molecule has 0 spiro atoms. The SMILES string of the molecule is CCOc1cc(NCC2(CO)CCCCC2)ncn1. The zero-order valence-corrected chi connectivity index (χ0v) is 11.6. The van der Waals surface area contributed by atoms with Gasteiger partial charge in [-0.05, 0) is 19.8 Å². The zero-order valence-electron chi connectivity index (χ0n) is 11.6. The Bertz CT molecular complexity index is 392. The van der Waals surface area contributed by atoms with Crippen LogP contribution >= 0.6 is 0 Å². The summed E-state index contributed by atoms with van der Waals surface area (Å²) in [6, 6.07) is 1.80. The third-order valence-corrected chi connectivity index (χ3v) is 3.83. The van der Waals surface area contributed by atoms with Crippen LogP contribution in [0.25, 0.3) is 0 Å². The number of ether oxygens (including phenoxy) is 1. The fraction of sp³-hybridized carbons (Fsp3) is 0.714. The smallest absolute Gasteiger partial charge is 0.218 e. The molecular weight excluding hydrogens is 242 g/mol. The van der Waals surface area contributed by atoms with Crippen molar-refractivity contribution in [2.45, 2.75) is 39.0 Å². The van der Waals surface area contributed by atoms with E-state index >= 15 is 0 Å². The van der Waals surface area contributed by atoms with Gasteiger partial charge in [-0.2, -0.15) is 0 Å². The van der Waals surface area contributed by atoms with Gasteiger partial charge in [-0.1, -0.05) is 19.3 Å². The molecule has 0 atom stereocenters. The fourth-order valence-corrected chi connectivity index (χ4v) is 2.63. The van der Waals surface area contributed by atoms with Gasteiger partial charge in [0.25, 0.3) is 0 Å². The molecule has 0 radical (unpaired) electrons. The van der Waals surface area contributed by atoms with Gasteiger partial charge in [0.1, 0.15) is 12.1 Å². The van der Waals surface area contributed by atoms with Gasteiger partial charge in [0.2, 0.25) is 5.88 Å². The van der Waals surface area contributed by atoms with E-state index in [0.29, 0.717) is 12.5 Å². The Morgan fingerprint density at radius 1 is 1.32 bits per heavy atom. The van der Waals surface area contributed by atoms with Gasteiger partial charge in [0.15, 0.2) is 0 Å². The molecule has 5 nitrogen and oxygen atoms in total. The topological polar surface area (TPSA) is 67.3 Å². The standard InChI is InChI=1S/C14H23N3O2/c1-2-19-13-8-12(16-11-17-13)15-9-14(10-18)6-4-3-5-7-14/h8,11,18H,2-7,9-10H2,1H3,(H,15,16,17). The first kappa shape index (κ1) is 14.1. The summed E-state index contributed by atoms with van der Waals surface area (Å²) in [5.74, 6) is 1.35. The molecule has 1 fully saturated rings. The third-order valence-electron chi connectivity index (χ3n) is 3.83. The zero-order chi connectivity index (χ0) is 13.6. The van der Waals surface area contributed by atoms with E-state index in [4.69, 9.17) is 4.74 Å². The molecule has 0 amide bonds. The van der Waals surface area contributed by atoms with Crippen molar-refractivity contribution in [1.82, 2.24) is 9.97 Å². The molecule has 0 aromatic carbocycles. The normalized spacial score (nSPS) is 18.0. The molecule has 0 bridgehead atoms. The number of aromatic nitrogens is 2. The van der Waals surface area contributed by atoms with Crippen LogP contribution in [0.4, 0.5) is 5.82 Å². The number of nitrogens with zero attached hydrogens (tertiary/aromatic N) is 2. The molecule has 1 aromatic rings. The van der Waals surface area contributed by atoms with Gasteiger partial charge in [-0.3, -0.25) is 0 Å². The first-order valence-corrected chi connectivity index (χ1v) is 7.07. The number of aliphatic hydroxyl groups is 1. The maximum Gasteiger partial charge on any atom is 0.218 e. The van der Waals surface area contributed by atoms with Crippen LogP contribution in [0.2, 0.25) is 0 Å². The highest BCUT2D eigenvalue weighted by Gasteiger charge is 2.31. The van der Waals surface area contributed by atoms with Crippen molar-refractivity contribution in [2.24, 2.45) is 5.41 Å². The molecule has 2 N–H and O–H groups in total. The minimum atomic E-state index is 0.00891. The number of hydrogen-bond donors (Lipinski definition) is 2. The Morgan fingerprint density at radius 2 is 2.11 bits per heavy atom. The van der Waals surface area contributed by atoms with E-state index in [1.165, 1.54) is 25.6 Å². The molecule has 1 heterocycles. The highest BCUT2D eigenvalue weighted by atomic mass is 16.5. The van der Waals surface area contributed by atoms with Crippen LogP contribution in [0.1, 0.15) is 39.0 Å². The lowest BCUT2D eigenvalue weighted by atomic mass is 9.74. The molecule has 1 aliphatic rings. The Balaban J connectivity index is 1.94. The average Bonchev–Trinajstić information content (AvgIpc) is 2.47. The van der Waals surface area contributed by atoms with Crippen molar-refractivity contribution in [2.75, 3.05) is 25.1 Å². The first-order valence-electron chi connectivity index (χ1n) is 7.07. The summed E-state index contributed by atoms with van der Waals surface area (Å²) in [6.07, 6.45) is 7.36. The van der Waals surface area contributed by atoms with Crippen LogP contribution in [-0.2, 0) is 0 Å². The van der Waals surface area contributed by atoms with E-state index in [1.807, 2.05) is 6.92 Å². The minimum absolute atomic E-state index is 0.00891. The maximum atomic E-state index is 9.66. The van der Waals surface area contributed by atoms with E-state index in [2.05, 4.69) is 15.3 Å². The summed E-state index contributed by atoms with van der Waals surface area (Å²) < 4.78 is 5.35. The first-order chi connectivity index (χ1) is 9.28.